The van der Waals surface area contributed by atoms with Gasteiger partial charge >= 0.3 is 5.97 Å². The van der Waals surface area contributed by atoms with Crippen molar-refractivity contribution in [3.63, 3.8) is 0 Å². The van der Waals surface area contributed by atoms with Crippen LogP contribution in [0.15, 0.2) is 58.3 Å². The van der Waals surface area contributed by atoms with Gasteiger partial charge in [-0.1, -0.05) is 29.8 Å². The maximum absolute atomic E-state index is 13.5. The standard InChI is InChI=1S/C24H28N2O5S/c1-16-7-13-20(14-8-16)32(28,29)22-17(2)25-26(24(3,4)5)23(22)31-21(27)15-18-9-11-19(30-6)12-10-18/h7-14H,15H2,1-6H3. The average Bonchev–Trinajstić information content (AvgIpc) is 3.05. The summed E-state index contributed by atoms with van der Waals surface area (Å²) in [6.45, 7) is 9.07. The summed E-state index contributed by atoms with van der Waals surface area (Å²) in [5.74, 6) is 0.0186. The van der Waals surface area contributed by atoms with Crippen molar-refractivity contribution in [3.8, 4) is 11.6 Å². The van der Waals surface area contributed by atoms with Gasteiger partial charge in [0, 0.05) is 0 Å². The van der Waals surface area contributed by atoms with Crippen molar-refractivity contribution in [1.29, 1.82) is 0 Å². The zero-order valence-electron chi connectivity index (χ0n) is 19.2. The summed E-state index contributed by atoms with van der Waals surface area (Å²) in [6.07, 6.45) is -0.0254. The lowest BCUT2D eigenvalue weighted by Crippen LogP contribution is -2.26. The van der Waals surface area contributed by atoms with Crippen LogP contribution in [-0.2, 0) is 26.6 Å². The molecule has 0 saturated carbocycles. The molecule has 3 rings (SSSR count). The number of methoxy groups -OCH3 is 1. The van der Waals surface area contributed by atoms with E-state index in [0.29, 0.717) is 5.75 Å². The molecule has 0 amide bonds. The second kappa shape index (κ2) is 8.78. The van der Waals surface area contributed by atoms with E-state index >= 15 is 0 Å². The number of hydrogen-bond acceptors (Lipinski definition) is 6. The fourth-order valence-electron chi connectivity index (χ4n) is 3.23. The summed E-state index contributed by atoms with van der Waals surface area (Å²) in [4.78, 5) is 12.8. The van der Waals surface area contributed by atoms with E-state index in [-0.39, 0.29) is 27.8 Å². The largest absolute Gasteiger partial charge is 0.497 e. The van der Waals surface area contributed by atoms with Crippen molar-refractivity contribution in [1.82, 2.24) is 9.78 Å². The van der Waals surface area contributed by atoms with Gasteiger partial charge in [0.05, 0.1) is 29.7 Å². The molecule has 0 unspecified atom stereocenters. The lowest BCUT2D eigenvalue weighted by atomic mass is 10.1. The number of sulfone groups is 1. The van der Waals surface area contributed by atoms with Crippen LogP contribution in [0.5, 0.6) is 11.6 Å². The molecule has 0 atom stereocenters. The molecule has 0 saturated heterocycles. The SMILES string of the molecule is COc1ccc(CC(=O)Oc2c(S(=O)(=O)c3ccc(C)cc3)c(C)nn2C(C)(C)C)cc1. The third-order valence-corrected chi connectivity index (χ3v) is 6.82. The van der Waals surface area contributed by atoms with Crippen LogP contribution in [0.2, 0.25) is 0 Å². The van der Waals surface area contributed by atoms with E-state index in [1.807, 2.05) is 27.7 Å². The molecule has 0 spiro atoms. The molecular weight excluding hydrogens is 428 g/mol. The third-order valence-electron chi connectivity index (χ3n) is 4.92. The number of carbonyl (C=O) groups is 1. The number of hydrogen-bond donors (Lipinski definition) is 0. The predicted octanol–water partition coefficient (Wildman–Crippen LogP) is 4.24. The Hall–Kier alpha value is -3.13. The molecule has 7 nitrogen and oxygen atoms in total. The molecule has 1 aromatic heterocycles. The van der Waals surface area contributed by atoms with Crippen molar-refractivity contribution in [2.24, 2.45) is 0 Å². The topological polar surface area (TPSA) is 87.5 Å². The fraction of sp³-hybridized carbons (Fsp3) is 0.333. The van der Waals surface area contributed by atoms with E-state index in [1.165, 1.54) is 4.68 Å². The highest BCUT2D eigenvalue weighted by Gasteiger charge is 2.34. The van der Waals surface area contributed by atoms with Gasteiger partial charge in [-0.25, -0.2) is 13.1 Å². The zero-order chi connectivity index (χ0) is 23.7. The number of ether oxygens (including phenoxy) is 2. The number of aromatic nitrogens is 2. The van der Waals surface area contributed by atoms with Gasteiger partial charge in [0.1, 0.15) is 5.75 Å². The molecule has 32 heavy (non-hydrogen) atoms. The number of nitrogens with zero attached hydrogens (tertiary/aromatic N) is 2. The van der Waals surface area contributed by atoms with Crippen molar-refractivity contribution in [3.05, 3.63) is 65.4 Å². The van der Waals surface area contributed by atoms with E-state index in [9.17, 15) is 13.2 Å². The Kier molecular flexibility index (Phi) is 6.46. The smallest absolute Gasteiger partial charge is 0.317 e. The normalized spacial score (nSPS) is 11.9. The van der Waals surface area contributed by atoms with Crippen LogP contribution >= 0.6 is 0 Å². The van der Waals surface area contributed by atoms with Gasteiger partial charge in [0.2, 0.25) is 15.7 Å². The average molecular weight is 457 g/mol. The molecule has 8 heteroatoms. The number of carbonyl (C=O) groups excluding carboxylic acids is 1. The summed E-state index contributed by atoms with van der Waals surface area (Å²) in [5.41, 5.74) is 1.32. The molecular formula is C24H28N2O5S. The Bertz CT molecular complexity index is 1220. The summed E-state index contributed by atoms with van der Waals surface area (Å²) < 4.78 is 39.2. The summed E-state index contributed by atoms with van der Waals surface area (Å²) in [6, 6.07) is 13.6. The number of rotatable bonds is 6. The first-order valence-electron chi connectivity index (χ1n) is 10.2. The van der Waals surface area contributed by atoms with Gasteiger partial charge in [-0.3, -0.25) is 4.79 Å². The second-order valence-corrected chi connectivity index (χ2v) is 10.5. The molecule has 0 aliphatic rings. The Balaban J connectivity index is 2.03. The molecule has 3 aromatic rings. The quantitative estimate of drug-likeness (QED) is 0.516. The van der Waals surface area contributed by atoms with Crippen LogP contribution in [0, 0.1) is 13.8 Å². The van der Waals surface area contributed by atoms with Crippen LogP contribution in [0.1, 0.15) is 37.6 Å². The Labute approximate surface area is 188 Å². The molecule has 0 aliphatic carbocycles. The lowest BCUT2D eigenvalue weighted by Gasteiger charge is -2.22. The molecule has 0 fully saturated rings. The Morgan fingerprint density at radius 2 is 1.59 bits per heavy atom. The first kappa shape index (κ1) is 23.5. The van der Waals surface area contributed by atoms with Crippen LogP contribution in [0.4, 0.5) is 0 Å². The minimum Gasteiger partial charge on any atom is -0.497 e. The van der Waals surface area contributed by atoms with Crippen molar-refractivity contribution in [2.75, 3.05) is 7.11 Å². The second-order valence-electron chi connectivity index (χ2n) is 8.62. The molecule has 0 bridgehead atoms. The van der Waals surface area contributed by atoms with Crippen LogP contribution < -0.4 is 9.47 Å². The lowest BCUT2D eigenvalue weighted by molar-refractivity contribution is -0.134. The third kappa shape index (κ3) is 4.85. The van der Waals surface area contributed by atoms with Gasteiger partial charge in [0.25, 0.3) is 0 Å². The number of esters is 1. The number of aryl methyl sites for hydroxylation is 2. The summed E-state index contributed by atoms with van der Waals surface area (Å²) >= 11 is 0. The van der Waals surface area contributed by atoms with Gasteiger partial charge < -0.3 is 9.47 Å². The highest BCUT2D eigenvalue weighted by Crippen LogP contribution is 2.36. The van der Waals surface area contributed by atoms with E-state index in [2.05, 4.69) is 5.10 Å². The van der Waals surface area contributed by atoms with E-state index in [4.69, 9.17) is 9.47 Å². The minimum absolute atomic E-state index is 0.0254. The number of benzene rings is 2. The van der Waals surface area contributed by atoms with Crippen molar-refractivity contribution >= 4 is 15.8 Å². The van der Waals surface area contributed by atoms with Crippen molar-refractivity contribution < 1.29 is 22.7 Å². The monoisotopic (exact) mass is 456 g/mol. The maximum atomic E-state index is 13.5. The summed E-state index contributed by atoms with van der Waals surface area (Å²) in [5, 5.41) is 4.42. The van der Waals surface area contributed by atoms with Gasteiger partial charge in [-0.15, -0.1) is 0 Å². The molecule has 0 radical (unpaired) electrons. The first-order valence-corrected chi connectivity index (χ1v) is 11.7. The molecule has 0 N–H and O–H groups in total. The van der Waals surface area contributed by atoms with Gasteiger partial charge in [0.15, 0.2) is 4.90 Å². The van der Waals surface area contributed by atoms with E-state index in [1.54, 1.807) is 62.6 Å². The Morgan fingerprint density at radius 3 is 2.12 bits per heavy atom. The van der Waals surface area contributed by atoms with E-state index < -0.39 is 21.3 Å². The molecule has 1 heterocycles. The van der Waals surface area contributed by atoms with Gasteiger partial charge in [-0.2, -0.15) is 5.10 Å². The first-order chi connectivity index (χ1) is 14.9. The fourth-order valence-corrected chi connectivity index (χ4v) is 4.75. The van der Waals surface area contributed by atoms with Crippen LogP contribution in [-0.4, -0.2) is 31.3 Å². The molecule has 0 aliphatic heterocycles. The molecule has 2 aromatic carbocycles. The van der Waals surface area contributed by atoms with E-state index in [0.717, 1.165) is 11.1 Å². The highest BCUT2D eigenvalue weighted by molar-refractivity contribution is 7.91. The summed E-state index contributed by atoms with van der Waals surface area (Å²) in [7, 11) is -2.40. The Morgan fingerprint density at radius 1 is 1.00 bits per heavy atom. The minimum atomic E-state index is -3.96. The molecule has 170 valence electrons. The highest BCUT2D eigenvalue weighted by atomic mass is 32.2. The predicted molar refractivity (Wildman–Crippen MR) is 121 cm³/mol. The zero-order valence-corrected chi connectivity index (χ0v) is 20.0. The maximum Gasteiger partial charge on any atom is 0.317 e. The van der Waals surface area contributed by atoms with Gasteiger partial charge in [-0.05, 0) is 64.4 Å². The van der Waals surface area contributed by atoms with Crippen molar-refractivity contribution in [2.45, 2.75) is 56.4 Å². The van der Waals surface area contributed by atoms with Crippen LogP contribution in [0.3, 0.4) is 0 Å². The van der Waals surface area contributed by atoms with Crippen LogP contribution in [0.25, 0.3) is 0 Å².